The van der Waals surface area contributed by atoms with Crippen LogP contribution in [-0.2, 0) is 9.59 Å². The fourth-order valence-electron chi connectivity index (χ4n) is 2.61. The number of nitrogens with one attached hydrogen (secondary N) is 1. The highest BCUT2D eigenvalue weighted by Gasteiger charge is 2.23. The fraction of sp³-hybridized carbons (Fsp3) is 0.222. The van der Waals surface area contributed by atoms with Crippen LogP contribution in [0.25, 0.3) is 0 Å². The molecule has 0 atom stereocenters. The van der Waals surface area contributed by atoms with Gasteiger partial charge in [0.1, 0.15) is 5.75 Å². The van der Waals surface area contributed by atoms with E-state index in [9.17, 15) is 9.59 Å². The number of carbonyl (C=O) groups excluding carboxylic acids is 2. The van der Waals surface area contributed by atoms with Crippen molar-refractivity contribution in [2.24, 2.45) is 0 Å². The molecule has 2 amide bonds. The summed E-state index contributed by atoms with van der Waals surface area (Å²) < 4.78 is 6.32. The van der Waals surface area contributed by atoms with Crippen molar-refractivity contribution in [3.05, 3.63) is 52.0 Å². The SMILES string of the molecule is O=C(COc1cccc(Br)c1)Nc1ccc(N2CCCC2=O)c(Cl)c1. The molecule has 0 aromatic heterocycles. The van der Waals surface area contributed by atoms with Crippen LogP contribution in [0.3, 0.4) is 0 Å². The van der Waals surface area contributed by atoms with Crippen molar-refractivity contribution >= 4 is 50.7 Å². The summed E-state index contributed by atoms with van der Waals surface area (Å²) in [5.41, 5.74) is 1.23. The number of hydrogen-bond donors (Lipinski definition) is 1. The van der Waals surface area contributed by atoms with E-state index in [1.165, 1.54) is 0 Å². The molecule has 25 heavy (non-hydrogen) atoms. The Kier molecular flexibility index (Phi) is 5.60. The lowest BCUT2D eigenvalue weighted by molar-refractivity contribution is -0.118. The summed E-state index contributed by atoms with van der Waals surface area (Å²) >= 11 is 9.61. The Hall–Kier alpha value is -2.05. The second-order valence-corrected chi connectivity index (χ2v) is 6.93. The van der Waals surface area contributed by atoms with E-state index in [4.69, 9.17) is 16.3 Å². The third kappa shape index (κ3) is 4.52. The highest BCUT2D eigenvalue weighted by atomic mass is 79.9. The number of amides is 2. The van der Waals surface area contributed by atoms with Gasteiger partial charge in [-0.15, -0.1) is 0 Å². The van der Waals surface area contributed by atoms with Crippen LogP contribution in [0.1, 0.15) is 12.8 Å². The van der Waals surface area contributed by atoms with Crippen molar-refractivity contribution in [2.75, 3.05) is 23.4 Å². The number of carbonyl (C=O) groups is 2. The van der Waals surface area contributed by atoms with E-state index in [2.05, 4.69) is 21.2 Å². The van der Waals surface area contributed by atoms with Gasteiger partial charge < -0.3 is 15.0 Å². The Balaban J connectivity index is 1.60. The molecule has 0 radical (unpaired) electrons. The van der Waals surface area contributed by atoms with Crippen LogP contribution in [0.4, 0.5) is 11.4 Å². The second-order valence-electron chi connectivity index (χ2n) is 5.61. The topological polar surface area (TPSA) is 58.6 Å². The lowest BCUT2D eigenvalue weighted by Gasteiger charge is -2.18. The predicted molar refractivity (Wildman–Crippen MR) is 101 cm³/mol. The average Bonchev–Trinajstić information content (AvgIpc) is 2.99. The Labute approximate surface area is 159 Å². The summed E-state index contributed by atoms with van der Waals surface area (Å²) in [4.78, 5) is 25.5. The van der Waals surface area contributed by atoms with E-state index in [-0.39, 0.29) is 18.4 Å². The van der Waals surface area contributed by atoms with E-state index < -0.39 is 0 Å². The number of rotatable bonds is 5. The summed E-state index contributed by atoms with van der Waals surface area (Å²) in [6, 6.07) is 12.4. The maximum atomic E-state index is 12.0. The van der Waals surface area contributed by atoms with Crippen LogP contribution in [0.5, 0.6) is 5.75 Å². The van der Waals surface area contributed by atoms with Crippen molar-refractivity contribution < 1.29 is 14.3 Å². The van der Waals surface area contributed by atoms with Gasteiger partial charge >= 0.3 is 0 Å². The summed E-state index contributed by atoms with van der Waals surface area (Å²) in [6.45, 7) is 0.561. The van der Waals surface area contributed by atoms with E-state index >= 15 is 0 Å². The molecule has 0 bridgehead atoms. The number of ether oxygens (including phenoxy) is 1. The first-order chi connectivity index (χ1) is 12.0. The molecular formula is C18H16BrClN2O3. The summed E-state index contributed by atoms with van der Waals surface area (Å²) in [6.07, 6.45) is 1.38. The molecule has 0 spiro atoms. The molecule has 3 rings (SSSR count). The van der Waals surface area contributed by atoms with Crippen LogP contribution in [0.15, 0.2) is 46.9 Å². The molecule has 1 fully saturated rings. The zero-order valence-electron chi connectivity index (χ0n) is 13.3. The van der Waals surface area contributed by atoms with Crippen LogP contribution < -0.4 is 15.0 Å². The van der Waals surface area contributed by atoms with Crippen LogP contribution >= 0.6 is 27.5 Å². The first kappa shape index (κ1) is 17.8. The quantitative estimate of drug-likeness (QED) is 0.782. The van der Waals surface area contributed by atoms with Gasteiger partial charge in [0, 0.05) is 23.1 Å². The third-order valence-electron chi connectivity index (χ3n) is 3.76. The average molecular weight is 424 g/mol. The second kappa shape index (κ2) is 7.89. The molecule has 0 unspecified atom stereocenters. The number of nitrogens with zero attached hydrogens (tertiary/aromatic N) is 1. The molecule has 2 aromatic carbocycles. The molecule has 1 aliphatic rings. The Morgan fingerprint density at radius 3 is 2.80 bits per heavy atom. The molecular weight excluding hydrogens is 408 g/mol. The maximum absolute atomic E-state index is 12.0. The van der Waals surface area contributed by atoms with Crippen molar-refractivity contribution in [1.29, 1.82) is 0 Å². The monoisotopic (exact) mass is 422 g/mol. The van der Waals surface area contributed by atoms with Gasteiger partial charge in [-0.25, -0.2) is 0 Å². The first-order valence-corrected chi connectivity index (χ1v) is 8.98. The van der Waals surface area contributed by atoms with Crippen LogP contribution in [-0.4, -0.2) is 25.0 Å². The maximum Gasteiger partial charge on any atom is 0.262 e. The minimum atomic E-state index is -0.291. The first-order valence-electron chi connectivity index (χ1n) is 7.81. The lowest BCUT2D eigenvalue weighted by atomic mass is 10.2. The molecule has 1 saturated heterocycles. The molecule has 0 aliphatic carbocycles. The van der Waals surface area contributed by atoms with Gasteiger partial charge in [0.05, 0.1) is 10.7 Å². The van der Waals surface area contributed by atoms with Gasteiger partial charge in [-0.3, -0.25) is 9.59 Å². The van der Waals surface area contributed by atoms with Crippen molar-refractivity contribution in [1.82, 2.24) is 0 Å². The van der Waals surface area contributed by atoms with Crippen LogP contribution in [0, 0.1) is 0 Å². The van der Waals surface area contributed by atoms with E-state index in [1.807, 2.05) is 12.1 Å². The van der Waals surface area contributed by atoms with Crippen molar-refractivity contribution in [3.8, 4) is 5.75 Å². The van der Waals surface area contributed by atoms with Gasteiger partial charge in [0.25, 0.3) is 5.91 Å². The third-order valence-corrected chi connectivity index (χ3v) is 4.56. The van der Waals surface area contributed by atoms with Gasteiger partial charge in [0.15, 0.2) is 6.61 Å². The number of hydrogen-bond acceptors (Lipinski definition) is 3. The number of benzene rings is 2. The Morgan fingerprint density at radius 1 is 1.28 bits per heavy atom. The molecule has 1 heterocycles. The van der Waals surface area contributed by atoms with Gasteiger partial charge in [-0.2, -0.15) is 0 Å². The number of anilines is 2. The molecule has 7 heteroatoms. The molecule has 130 valence electrons. The van der Waals surface area contributed by atoms with Crippen molar-refractivity contribution in [2.45, 2.75) is 12.8 Å². The van der Waals surface area contributed by atoms with Gasteiger partial charge in [-0.05, 0) is 42.8 Å². The molecule has 1 N–H and O–H groups in total. The van der Waals surface area contributed by atoms with E-state index in [0.717, 1.165) is 10.9 Å². The fourth-order valence-corrected chi connectivity index (χ4v) is 3.27. The lowest BCUT2D eigenvalue weighted by Crippen LogP contribution is -2.24. The standard InChI is InChI=1S/C18H16BrClN2O3/c19-12-3-1-4-14(9-12)25-11-17(23)21-13-6-7-16(15(20)10-13)22-8-2-5-18(22)24/h1,3-4,6-7,9-10H,2,5,8,11H2,(H,21,23). The molecule has 5 nitrogen and oxygen atoms in total. The molecule has 0 saturated carbocycles. The Morgan fingerprint density at radius 2 is 2.12 bits per heavy atom. The largest absolute Gasteiger partial charge is 0.484 e. The minimum Gasteiger partial charge on any atom is -0.484 e. The number of halogens is 2. The minimum absolute atomic E-state index is 0.0705. The summed E-state index contributed by atoms with van der Waals surface area (Å²) in [5.74, 6) is 0.382. The van der Waals surface area contributed by atoms with Gasteiger partial charge in [0.2, 0.25) is 5.91 Å². The highest BCUT2D eigenvalue weighted by Crippen LogP contribution is 2.31. The molecule has 2 aromatic rings. The summed E-state index contributed by atoms with van der Waals surface area (Å²) in [5, 5.41) is 3.16. The van der Waals surface area contributed by atoms with E-state index in [1.54, 1.807) is 35.2 Å². The zero-order valence-corrected chi connectivity index (χ0v) is 15.6. The van der Waals surface area contributed by atoms with Gasteiger partial charge in [-0.1, -0.05) is 33.6 Å². The predicted octanol–water partition coefficient (Wildman–Crippen LogP) is 4.25. The molecule has 1 aliphatic heterocycles. The zero-order chi connectivity index (χ0) is 17.8. The smallest absolute Gasteiger partial charge is 0.262 e. The van der Waals surface area contributed by atoms with Crippen LogP contribution in [0.2, 0.25) is 5.02 Å². The van der Waals surface area contributed by atoms with E-state index in [0.29, 0.717) is 35.1 Å². The normalized spacial score (nSPS) is 13.8. The van der Waals surface area contributed by atoms with Crippen molar-refractivity contribution in [3.63, 3.8) is 0 Å². The summed E-state index contributed by atoms with van der Waals surface area (Å²) in [7, 11) is 0. The highest BCUT2D eigenvalue weighted by molar-refractivity contribution is 9.10. The Bertz CT molecular complexity index is 813.